The molecule has 70 valence electrons. The zero-order valence-electron chi connectivity index (χ0n) is 6.34. The van der Waals surface area contributed by atoms with Crippen molar-refractivity contribution in [3.8, 4) is 0 Å². The second kappa shape index (κ2) is 6.58. The van der Waals surface area contributed by atoms with Gasteiger partial charge in [0.2, 0.25) is 0 Å². The summed E-state index contributed by atoms with van der Waals surface area (Å²) in [6.07, 6.45) is 1.35. The van der Waals surface area contributed by atoms with E-state index in [2.05, 4.69) is 0 Å². The Morgan fingerprint density at radius 2 is 2.36 bits per heavy atom. The molecule has 0 aromatic carbocycles. The van der Waals surface area contributed by atoms with Crippen molar-refractivity contribution in [2.45, 2.75) is 20.0 Å². The molecule has 3 nitrogen and oxygen atoms in total. The van der Waals surface area contributed by atoms with E-state index in [0.29, 0.717) is 19.3 Å². The summed E-state index contributed by atoms with van der Waals surface area (Å²) in [5.41, 5.74) is 0. The first-order valence-electron chi connectivity index (χ1n) is 3.62. The average Bonchev–Trinajstić information content (AvgIpc) is 2.41. The minimum absolute atomic E-state index is 0. The predicted molar refractivity (Wildman–Crippen MR) is 45.9 cm³/mol. The monoisotopic (exact) mass is 164 g/mol. The van der Waals surface area contributed by atoms with Crippen molar-refractivity contribution in [2.75, 3.05) is 33.5 Å². The van der Waals surface area contributed by atoms with Crippen LogP contribution in [0.4, 0.5) is 0 Å². The number of rotatable bonds is 4. The molecule has 1 rings (SSSR count). The molecule has 0 aliphatic carbocycles. The molecule has 1 saturated heterocycles. The molecule has 0 saturated carbocycles. The van der Waals surface area contributed by atoms with Crippen LogP contribution < -0.4 is 0 Å². The maximum atomic E-state index is 5.39. The molecular weight excluding hydrogens is 144 g/mol. The molecule has 1 aliphatic heterocycles. The predicted octanol–water partition coefficient (Wildman–Crippen LogP) is 1.32. The summed E-state index contributed by atoms with van der Waals surface area (Å²) in [7, 11) is 1.68. The summed E-state index contributed by atoms with van der Waals surface area (Å²) in [5.74, 6) is 0. The highest BCUT2D eigenvalue weighted by molar-refractivity contribution is 4.62. The van der Waals surface area contributed by atoms with Crippen molar-refractivity contribution in [3.63, 3.8) is 0 Å². The zero-order valence-corrected chi connectivity index (χ0v) is 6.34. The van der Waals surface area contributed by atoms with E-state index in [1.54, 1.807) is 7.11 Å². The van der Waals surface area contributed by atoms with Crippen molar-refractivity contribution in [1.82, 2.24) is 0 Å². The third-order valence-corrected chi connectivity index (χ3v) is 1.53. The van der Waals surface area contributed by atoms with E-state index in [1.807, 2.05) is 0 Å². The van der Waals surface area contributed by atoms with Crippen LogP contribution >= 0.6 is 0 Å². The molecule has 0 spiro atoms. The smallest absolute Gasteiger partial charge is 0.0831 e. The molecule has 1 fully saturated rings. The van der Waals surface area contributed by atoms with Crippen LogP contribution in [-0.2, 0) is 14.2 Å². The molecule has 1 atom stereocenters. The average molecular weight is 164 g/mol. The van der Waals surface area contributed by atoms with Gasteiger partial charge < -0.3 is 14.2 Å². The summed E-state index contributed by atoms with van der Waals surface area (Å²) in [6, 6.07) is 0. The van der Waals surface area contributed by atoms with Crippen LogP contribution in [0.5, 0.6) is 0 Å². The second-order valence-electron chi connectivity index (χ2n) is 2.35. The number of hydrogen-bond donors (Lipinski definition) is 0. The van der Waals surface area contributed by atoms with Crippen molar-refractivity contribution in [3.05, 3.63) is 0 Å². The molecule has 0 bridgehead atoms. The summed E-state index contributed by atoms with van der Waals surface area (Å²) in [4.78, 5) is 0. The van der Waals surface area contributed by atoms with E-state index in [9.17, 15) is 0 Å². The van der Waals surface area contributed by atoms with Crippen molar-refractivity contribution < 1.29 is 15.6 Å². The third-order valence-electron chi connectivity index (χ3n) is 1.53. The fourth-order valence-electron chi connectivity index (χ4n) is 0.942. The topological polar surface area (TPSA) is 27.7 Å². The molecule has 0 amide bonds. The van der Waals surface area contributed by atoms with Crippen LogP contribution in [0.1, 0.15) is 15.3 Å². The van der Waals surface area contributed by atoms with E-state index in [0.717, 1.165) is 19.6 Å². The normalized spacial score (nSPS) is 23.2. The Balaban J connectivity index is 0. The largest absolute Gasteiger partial charge is 0.382 e. The molecule has 0 aromatic heterocycles. The highest BCUT2D eigenvalue weighted by Crippen LogP contribution is 2.07. The van der Waals surface area contributed by atoms with E-state index in [-0.39, 0.29) is 8.85 Å². The first-order chi connectivity index (χ1) is 4.93. The van der Waals surface area contributed by atoms with Crippen LogP contribution in [0, 0.1) is 0 Å². The second-order valence-corrected chi connectivity index (χ2v) is 2.35. The molecule has 3 heteroatoms. The minimum Gasteiger partial charge on any atom is -0.382 e. The van der Waals surface area contributed by atoms with Crippen molar-refractivity contribution >= 4 is 0 Å². The highest BCUT2D eigenvalue weighted by atomic mass is 16.6. The maximum Gasteiger partial charge on any atom is 0.0831 e. The minimum atomic E-state index is 0. The molecular formula is C8H20O3. The molecule has 1 aliphatic rings. The SMILES string of the molecule is C.COCCOC1CCOC1.[HH]. The van der Waals surface area contributed by atoms with Gasteiger partial charge >= 0.3 is 0 Å². The van der Waals surface area contributed by atoms with E-state index in [1.165, 1.54) is 0 Å². The Labute approximate surface area is 70.1 Å². The Bertz CT molecular complexity index is 84.4. The fourth-order valence-corrected chi connectivity index (χ4v) is 0.942. The van der Waals surface area contributed by atoms with Gasteiger partial charge in [0.1, 0.15) is 0 Å². The third kappa shape index (κ3) is 4.35. The van der Waals surface area contributed by atoms with Gasteiger partial charge in [-0.25, -0.2) is 0 Å². The fraction of sp³-hybridized carbons (Fsp3) is 1.00. The van der Waals surface area contributed by atoms with E-state index in [4.69, 9.17) is 14.2 Å². The summed E-state index contributed by atoms with van der Waals surface area (Å²) < 4.78 is 15.4. The number of ether oxygens (including phenoxy) is 3. The van der Waals surface area contributed by atoms with Crippen molar-refractivity contribution in [2.24, 2.45) is 0 Å². The van der Waals surface area contributed by atoms with Gasteiger partial charge in [-0.2, -0.15) is 0 Å². The lowest BCUT2D eigenvalue weighted by Gasteiger charge is -2.07. The van der Waals surface area contributed by atoms with Crippen LogP contribution in [0.15, 0.2) is 0 Å². The van der Waals surface area contributed by atoms with Gasteiger partial charge in [0.05, 0.1) is 25.9 Å². The summed E-state index contributed by atoms with van der Waals surface area (Å²) in [5, 5.41) is 0. The lowest BCUT2D eigenvalue weighted by atomic mass is 10.3. The molecule has 0 aromatic rings. The quantitative estimate of drug-likeness (QED) is 0.586. The van der Waals surface area contributed by atoms with E-state index < -0.39 is 0 Å². The van der Waals surface area contributed by atoms with Crippen molar-refractivity contribution in [1.29, 1.82) is 0 Å². The van der Waals surface area contributed by atoms with Crippen LogP contribution in [0.25, 0.3) is 0 Å². The Kier molecular flexibility index (Phi) is 6.51. The van der Waals surface area contributed by atoms with Gasteiger partial charge in [-0.1, -0.05) is 7.43 Å². The Morgan fingerprint density at radius 1 is 1.55 bits per heavy atom. The lowest BCUT2D eigenvalue weighted by Crippen LogP contribution is -2.15. The molecule has 0 N–H and O–H groups in total. The summed E-state index contributed by atoms with van der Waals surface area (Å²) in [6.45, 7) is 2.96. The van der Waals surface area contributed by atoms with Gasteiger partial charge in [0.25, 0.3) is 0 Å². The molecule has 11 heavy (non-hydrogen) atoms. The highest BCUT2D eigenvalue weighted by Gasteiger charge is 2.14. The van der Waals surface area contributed by atoms with Crippen LogP contribution in [0.3, 0.4) is 0 Å². The Morgan fingerprint density at radius 3 is 2.91 bits per heavy atom. The van der Waals surface area contributed by atoms with E-state index >= 15 is 0 Å². The molecule has 1 heterocycles. The standard InChI is InChI=1S/C7H14O3.CH4.H2/c1-8-4-5-10-7-2-3-9-6-7;;/h7H,2-6H2,1H3;1H4;1H. The van der Waals surface area contributed by atoms with Gasteiger partial charge in [-0.05, 0) is 6.42 Å². The van der Waals surface area contributed by atoms with Gasteiger partial charge in [-0.3, -0.25) is 0 Å². The zero-order chi connectivity index (χ0) is 7.23. The molecule has 0 radical (unpaired) electrons. The first-order valence-corrected chi connectivity index (χ1v) is 3.62. The van der Waals surface area contributed by atoms with Crippen LogP contribution in [-0.4, -0.2) is 39.6 Å². The van der Waals surface area contributed by atoms with Gasteiger partial charge in [0, 0.05) is 15.1 Å². The Hall–Kier alpha value is -0.120. The first kappa shape index (κ1) is 10.9. The number of methoxy groups -OCH3 is 1. The lowest BCUT2D eigenvalue weighted by molar-refractivity contribution is 0.0123. The van der Waals surface area contributed by atoms with Crippen LogP contribution in [0.2, 0.25) is 0 Å². The summed E-state index contributed by atoms with van der Waals surface area (Å²) >= 11 is 0. The van der Waals surface area contributed by atoms with Gasteiger partial charge in [-0.15, -0.1) is 0 Å². The maximum absolute atomic E-state index is 5.39. The van der Waals surface area contributed by atoms with Gasteiger partial charge in [0.15, 0.2) is 0 Å². The number of hydrogen-bond acceptors (Lipinski definition) is 3. The molecule has 1 unspecified atom stereocenters.